The van der Waals surface area contributed by atoms with Gasteiger partial charge in [-0.1, -0.05) is 0 Å². The Kier molecular flexibility index (Phi) is 1.71. The van der Waals surface area contributed by atoms with Crippen LogP contribution in [0.15, 0.2) is 29.3 Å². The fourth-order valence-corrected chi connectivity index (χ4v) is 1.16. The molecule has 0 saturated heterocycles. The summed E-state index contributed by atoms with van der Waals surface area (Å²) in [4.78, 5) is 17.7. The van der Waals surface area contributed by atoms with E-state index in [0.29, 0.717) is 10.9 Å². The van der Waals surface area contributed by atoms with Gasteiger partial charge in [0.15, 0.2) is 0 Å². The molecule has 0 saturated carbocycles. The third kappa shape index (κ3) is 1.25. The molecule has 4 N–H and O–H groups in total. The molecular formula is C8H8N4O. The smallest absolute Gasteiger partial charge is 0.258 e. The van der Waals surface area contributed by atoms with E-state index < -0.39 is 0 Å². The Balaban J connectivity index is 2.80. The van der Waals surface area contributed by atoms with Crippen LogP contribution in [0.3, 0.4) is 0 Å². The molecule has 2 aromatic rings. The highest BCUT2D eigenvalue weighted by Crippen LogP contribution is 2.12. The second-order valence-electron chi connectivity index (χ2n) is 2.61. The number of rotatable bonds is 1. The lowest BCUT2D eigenvalue weighted by Crippen LogP contribution is -2.09. The molecule has 5 heteroatoms. The lowest BCUT2D eigenvalue weighted by molar-refractivity contribution is 1.17. The minimum Gasteiger partial charge on any atom is -0.324 e. The van der Waals surface area contributed by atoms with E-state index in [4.69, 9.17) is 5.84 Å². The summed E-state index contributed by atoms with van der Waals surface area (Å²) in [6.45, 7) is 0. The normalized spacial score (nSPS) is 10.2. The second kappa shape index (κ2) is 2.87. The van der Waals surface area contributed by atoms with Gasteiger partial charge in [-0.15, -0.1) is 0 Å². The number of benzene rings is 1. The number of hydrazine groups is 1. The predicted molar refractivity (Wildman–Crippen MR) is 50.2 cm³/mol. The van der Waals surface area contributed by atoms with Gasteiger partial charge < -0.3 is 10.4 Å². The maximum Gasteiger partial charge on any atom is 0.258 e. The maximum absolute atomic E-state index is 11.2. The minimum absolute atomic E-state index is 0.145. The molecule has 0 fully saturated rings. The third-order valence-corrected chi connectivity index (χ3v) is 1.81. The number of hydrogen-bond acceptors (Lipinski definition) is 4. The summed E-state index contributed by atoms with van der Waals surface area (Å²) < 4.78 is 0. The first-order chi connectivity index (χ1) is 6.31. The number of aromatic amines is 1. The number of aromatic nitrogens is 2. The quantitative estimate of drug-likeness (QED) is 0.428. The van der Waals surface area contributed by atoms with E-state index >= 15 is 0 Å². The Bertz CT molecular complexity index is 491. The number of hydrogen-bond donors (Lipinski definition) is 3. The van der Waals surface area contributed by atoms with Crippen LogP contribution in [-0.4, -0.2) is 9.97 Å². The molecule has 2 rings (SSSR count). The second-order valence-corrected chi connectivity index (χ2v) is 2.61. The maximum atomic E-state index is 11.2. The number of nitrogens with zero attached hydrogens (tertiary/aromatic N) is 1. The summed E-state index contributed by atoms with van der Waals surface area (Å²) in [6, 6.07) is 5.11. The zero-order chi connectivity index (χ0) is 9.26. The molecule has 5 nitrogen and oxygen atoms in total. The largest absolute Gasteiger partial charge is 0.324 e. The lowest BCUT2D eigenvalue weighted by atomic mass is 10.2. The number of nitrogen functional groups attached to an aromatic ring is 1. The van der Waals surface area contributed by atoms with Gasteiger partial charge in [0.05, 0.1) is 22.9 Å². The summed E-state index contributed by atoms with van der Waals surface area (Å²) in [5, 5.41) is 0.557. The number of fused-ring (bicyclic) bond motifs is 1. The Labute approximate surface area is 73.6 Å². The summed E-state index contributed by atoms with van der Waals surface area (Å²) in [6.07, 6.45) is 1.37. The molecule has 0 atom stereocenters. The molecule has 0 spiro atoms. The van der Waals surface area contributed by atoms with Gasteiger partial charge in [0.25, 0.3) is 5.56 Å². The standard InChI is InChI=1S/C8H8N4O/c9-12-5-1-2-6-7(3-5)10-4-11-8(6)13/h1-4,12H,9H2,(H,10,11,13). The van der Waals surface area contributed by atoms with Crippen LogP contribution in [0.5, 0.6) is 0 Å². The molecule has 0 aliphatic heterocycles. The van der Waals surface area contributed by atoms with Crippen molar-refractivity contribution >= 4 is 16.6 Å². The van der Waals surface area contributed by atoms with Gasteiger partial charge in [0, 0.05) is 0 Å². The van der Waals surface area contributed by atoms with Gasteiger partial charge >= 0.3 is 0 Å². The molecule has 1 heterocycles. The molecular weight excluding hydrogens is 168 g/mol. The van der Waals surface area contributed by atoms with Crippen LogP contribution in [-0.2, 0) is 0 Å². The Morgan fingerprint density at radius 1 is 1.46 bits per heavy atom. The van der Waals surface area contributed by atoms with Crippen LogP contribution >= 0.6 is 0 Å². The summed E-state index contributed by atoms with van der Waals surface area (Å²) in [5.41, 5.74) is 3.69. The molecule has 1 aromatic carbocycles. The fraction of sp³-hybridized carbons (Fsp3) is 0. The Morgan fingerprint density at radius 2 is 2.31 bits per heavy atom. The van der Waals surface area contributed by atoms with Gasteiger partial charge in [-0.25, -0.2) is 4.98 Å². The first kappa shape index (κ1) is 7.75. The summed E-state index contributed by atoms with van der Waals surface area (Å²) in [7, 11) is 0. The predicted octanol–water partition coefficient (Wildman–Crippen LogP) is 0.209. The molecule has 0 unspecified atom stereocenters. The van der Waals surface area contributed by atoms with Gasteiger partial charge in [-0.3, -0.25) is 10.6 Å². The first-order valence-electron chi connectivity index (χ1n) is 3.75. The van der Waals surface area contributed by atoms with Crippen LogP contribution in [0, 0.1) is 0 Å². The molecule has 0 aliphatic rings. The summed E-state index contributed by atoms with van der Waals surface area (Å²) in [5.74, 6) is 5.22. The molecule has 66 valence electrons. The van der Waals surface area contributed by atoms with E-state index in [1.54, 1.807) is 18.2 Å². The van der Waals surface area contributed by atoms with E-state index in [9.17, 15) is 4.79 Å². The van der Waals surface area contributed by atoms with Crippen LogP contribution in [0.4, 0.5) is 5.69 Å². The minimum atomic E-state index is -0.145. The van der Waals surface area contributed by atoms with Gasteiger partial charge in [0.2, 0.25) is 0 Å². The van der Waals surface area contributed by atoms with Gasteiger partial charge in [-0.2, -0.15) is 0 Å². The van der Waals surface area contributed by atoms with Crippen molar-refractivity contribution in [3.05, 3.63) is 34.9 Å². The van der Waals surface area contributed by atoms with Crippen LogP contribution in [0.2, 0.25) is 0 Å². The zero-order valence-corrected chi connectivity index (χ0v) is 6.74. The monoisotopic (exact) mass is 176 g/mol. The van der Waals surface area contributed by atoms with Crippen molar-refractivity contribution in [1.82, 2.24) is 9.97 Å². The lowest BCUT2D eigenvalue weighted by Gasteiger charge is -1.99. The van der Waals surface area contributed by atoms with E-state index in [2.05, 4.69) is 15.4 Å². The number of nitrogens with two attached hydrogens (primary N) is 1. The Hall–Kier alpha value is -1.88. The van der Waals surface area contributed by atoms with Gasteiger partial charge in [-0.05, 0) is 18.2 Å². The SMILES string of the molecule is NNc1ccc2c(=O)[nH]cnc2c1. The summed E-state index contributed by atoms with van der Waals surface area (Å²) >= 11 is 0. The van der Waals surface area contributed by atoms with Crippen molar-refractivity contribution in [3.63, 3.8) is 0 Å². The zero-order valence-electron chi connectivity index (χ0n) is 6.74. The van der Waals surface area contributed by atoms with E-state index in [-0.39, 0.29) is 5.56 Å². The highest BCUT2D eigenvalue weighted by molar-refractivity contribution is 5.80. The van der Waals surface area contributed by atoms with Crippen molar-refractivity contribution in [2.24, 2.45) is 5.84 Å². The average Bonchev–Trinajstić information content (AvgIpc) is 2.18. The molecule has 0 aliphatic carbocycles. The van der Waals surface area contributed by atoms with E-state index in [1.807, 2.05) is 0 Å². The van der Waals surface area contributed by atoms with Crippen molar-refractivity contribution in [2.75, 3.05) is 5.43 Å². The Morgan fingerprint density at radius 3 is 3.08 bits per heavy atom. The third-order valence-electron chi connectivity index (χ3n) is 1.81. The number of anilines is 1. The van der Waals surface area contributed by atoms with Crippen molar-refractivity contribution in [2.45, 2.75) is 0 Å². The molecule has 0 amide bonds. The molecule has 0 radical (unpaired) electrons. The van der Waals surface area contributed by atoms with Crippen LogP contribution < -0.4 is 16.8 Å². The average molecular weight is 176 g/mol. The highest BCUT2D eigenvalue weighted by Gasteiger charge is 1.98. The van der Waals surface area contributed by atoms with Gasteiger partial charge in [0.1, 0.15) is 0 Å². The van der Waals surface area contributed by atoms with Crippen molar-refractivity contribution < 1.29 is 0 Å². The number of nitrogens with one attached hydrogen (secondary N) is 2. The van der Waals surface area contributed by atoms with E-state index in [1.165, 1.54) is 6.33 Å². The molecule has 1 aromatic heterocycles. The molecule has 13 heavy (non-hydrogen) atoms. The van der Waals surface area contributed by atoms with E-state index in [0.717, 1.165) is 5.69 Å². The molecule has 0 bridgehead atoms. The van der Waals surface area contributed by atoms with Crippen molar-refractivity contribution in [3.8, 4) is 0 Å². The topological polar surface area (TPSA) is 83.8 Å². The van der Waals surface area contributed by atoms with Crippen LogP contribution in [0.25, 0.3) is 10.9 Å². The van der Waals surface area contributed by atoms with Crippen LogP contribution in [0.1, 0.15) is 0 Å². The first-order valence-corrected chi connectivity index (χ1v) is 3.75. The fourth-order valence-electron chi connectivity index (χ4n) is 1.16. The van der Waals surface area contributed by atoms with Crippen molar-refractivity contribution in [1.29, 1.82) is 0 Å². The highest BCUT2D eigenvalue weighted by atomic mass is 16.1. The number of H-pyrrole nitrogens is 1.